The number of rotatable bonds is 26. The standard InChI is InChI=1S/4C7H15NO3.2C6H10O8.Zn/c4*1-8(2,3)5-6(9)4-7(10)11;2*7-1(3(9)5(11)12)2(8)4(10)6(13)14;/h4*6,9H,4-5H2,1-3H3;2*1-4,7-10H,(H,11,12)(H,13,14);/q;;;;;;+2/p+4/t4*6-;2*1-,2+,3+,4-;/m1111.../s1. The van der Waals surface area contributed by atoms with Crippen LogP contribution in [0.3, 0.4) is 0 Å². The third-order valence-electron chi connectivity index (χ3n) is 7.68. The summed E-state index contributed by atoms with van der Waals surface area (Å²) in [7, 11) is 22.9. The molecule has 12 atom stereocenters. The minimum atomic E-state index is -2.36. The average Bonchev–Trinajstić information content (AvgIpc) is 3.12. The van der Waals surface area contributed by atoms with Crippen LogP contribution >= 0.6 is 0 Å². The van der Waals surface area contributed by atoms with Gasteiger partial charge in [-0.2, -0.15) is 0 Å². The fraction of sp³-hybridized carbons (Fsp3) is 0.800. The van der Waals surface area contributed by atoms with Gasteiger partial charge in [0.15, 0.2) is 24.4 Å². The second-order valence-electron chi connectivity index (χ2n) is 20.0. The molecule has 0 radical (unpaired) electrons. The van der Waals surface area contributed by atoms with Crippen molar-refractivity contribution in [2.75, 3.05) is 111 Å². The largest absolute Gasteiger partial charge is 2.00 e. The van der Waals surface area contributed by atoms with Crippen LogP contribution in [0.15, 0.2) is 0 Å². The average molecular weight is 1130 g/mol. The Morgan fingerprint density at radius 2 is 0.384 bits per heavy atom. The number of likely N-dealkylation sites (N-methyl/N-ethyl adjacent to an activating group) is 4. The summed E-state index contributed by atoms with van der Waals surface area (Å²) in [6.07, 6.45) is -22.2. The van der Waals surface area contributed by atoms with Crippen molar-refractivity contribution in [3.05, 3.63) is 0 Å². The van der Waals surface area contributed by atoms with E-state index < -0.39 is 121 Å². The molecule has 0 aliphatic carbocycles. The first-order valence-corrected chi connectivity index (χ1v) is 21.0. The monoisotopic (exact) mass is 1130 g/mol. The van der Waals surface area contributed by atoms with Crippen molar-refractivity contribution in [2.45, 2.75) is 98.9 Å². The van der Waals surface area contributed by atoms with Gasteiger partial charge in [0, 0.05) is 0 Å². The third kappa shape index (κ3) is 56.9. The molecule has 0 aromatic carbocycles. The molecule has 0 fully saturated rings. The van der Waals surface area contributed by atoms with Crippen LogP contribution in [0.25, 0.3) is 0 Å². The minimum Gasteiger partial charge on any atom is -0.481 e. The first-order chi connectivity index (χ1) is 31.8. The summed E-state index contributed by atoms with van der Waals surface area (Å²) in [5, 5.41) is 173. The van der Waals surface area contributed by atoms with Crippen LogP contribution in [-0.4, -0.2) is 352 Å². The number of aliphatic hydroxyl groups is 12. The van der Waals surface area contributed by atoms with Crippen molar-refractivity contribution in [3.8, 4) is 0 Å². The van der Waals surface area contributed by atoms with Gasteiger partial charge in [-0.15, -0.1) is 0 Å². The molecule has 0 aromatic rings. The van der Waals surface area contributed by atoms with Crippen molar-refractivity contribution in [3.63, 3.8) is 0 Å². The minimum absolute atomic E-state index is 0. The van der Waals surface area contributed by atoms with E-state index in [-0.39, 0.29) is 45.2 Å². The van der Waals surface area contributed by atoms with Gasteiger partial charge in [0.2, 0.25) is 0 Å². The number of quaternary nitrogens is 4. The van der Waals surface area contributed by atoms with Gasteiger partial charge in [-0.05, 0) is 0 Å². The van der Waals surface area contributed by atoms with Crippen molar-refractivity contribution >= 4 is 47.8 Å². The topological polar surface area (TPSA) is 541 Å². The maximum atomic E-state index is 10.1. The van der Waals surface area contributed by atoms with E-state index in [1.165, 1.54) is 0 Å². The summed E-state index contributed by atoms with van der Waals surface area (Å²) in [5.41, 5.74) is 0. The molecular formula is C40H84N4O28Zn+6. The summed E-state index contributed by atoms with van der Waals surface area (Å²) >= 11 is 0. The molecule has 0 saturated carbocycles. The van der Waals surface area contributed by atoms with Crippen LogP contribution in [0, 0.1) is 0 Å². The van der Waals surface area contributed by atoms with Crippen LogP contribution in [0.4, 0.5) is 0 Å². The maximum Gasteiger partial charge on any atom is 2.00 e. The number of hydrogen-bond donors (Lipinski definition) is 20. The summed E-state index contributed by atoms with van der Waals surface area (Å²) in [6.45, 7) is 1.86. The van der Waals surface area contributed by atoms with Crippen molar-refractivity contribution < 1.29 is 178 Å². The first-order valence-electron chi connectivity index (χ1n) is 21.0. The van der Waals surface area contributed by atoms with Gasteiger partial charge in [0.25, 0.3) is 0 Å². The molecule has 0 amide bonds. The zero-order chi connectivity index (χ0) is 59.2. The molecule has 33 heteroatoms. The van der Waals surface area contributed by atoms with Gasteiger partial charge in [-0.3, -0.25) is 19.2 Å². The van der Waals surface area contributed by atoms with E-state index in [0.717, 1.165) is 0 Å². The molecule has 428 valence electrons. The molecule has 0 aliphatic heterocycles. The molecule has 0 aromatic heterocycles. The Morgan fingerprint density at radius 3 is 0.452 bits per heavy atom. The molecule has 0 spiro atoms. The Kier molecular flexibility index (Phi) is 44.4. The smallest absolute Gasteiger partial charge is 0.481 e. The van der Waals surface area contributed by atoms with E-state index in [9.17, 15) is 38.4 Å². The van der Waals surface area contributed by atoms with E-state index in [2.05, 4.69) is 0 Å². The summed E-state index contributed by atoms with van der Waals surface area (Å²) in [5.74, 6) is -11.2. The zero-order valence-corrected chi connectivity index (χ0v) is 46.3. The molecule has 0 saturated heterocycles. The first kappa shape index (κ1) is 82.8. The number of carbonyl (C=O) groups is 8. The number of aliphatic carboxylic acids is 8. The molecule has 0 aliphatic rings. The predicted octanol–water partition coefficient (Wildman–Crippen LogP) is -8.69. The second kappa shape index (κ2) is 39.2. The number of nitrogens with zero attached hydrogens (tertiary/aromatic N) is 4. The number of aliphatic hydroxyl groups excluding tert-OH is 12. The molecule has 0 unspecified atom stereocenters. The van der Waals surface area contributed by atoms with Crippen LogP contribution in [0.1, 0.15) is 25.7 Å². The number of carboxylic acid groups (broad SMARTS) is 8. The van der Waals surface area contributed by atoms with Gasteiger partial charge in [0.1, 0.15) is 75.0 Å². The molecular weight excluding hydrogens is 1050 g/mol. The molecule has 32 nitrogen and oxygen atoms in total. The maximum absolute atomic E-state index is 10.1. The number of carboxylic acids is 8. The second-order valence-corrected chi connectivity index (χ2v) is 20.0. The van der Waals surface area contributed by atoms with Gasteiger partial charge < -0.3 is 120 Å². The van der Waals surface area contributed by atoms with E-state index in [1.807, 2.05) is 84.6 Å². The van der Waals surface area contributed by atoms with Gasteiger partial charge >= 0.3 is 67.2 Å². The van der Waals surface area contributed by atoms with Crippen molar-refractivity contribution in [1.29, 1.82) is 0 Å². The summed E-state index contributed by atoms with van der Waals surface area (Å²) in [6, 6.07) is 0. The molecule has 0 rings (SSSR count). The van der Waals surface area contributed by atoms with E-state index in [4.69, 9.17) is 102 Å². The van der Waals surface area contributed by atoms with Crippen LogP contribution in [0.2, 0.25) is 0 Å². The van der Waals surface area contributed by atoms with E-state index in [1.54, 1.807) is 0 Å². The fourth-order valence-electron chi connectivity index (χ4n) is 4.92. The SMILES string of the molecule is C[N+](C)(C)C[C@H](O)CC(=O)O.C[N+](C)(C)C[C@H](O)CC(=O)O.C[N+](C)(C)C[C@H](O)CC(=O)O.C[N+](C)(C)C[C@H](O)CC(=O)O.O=C(O)[C@@H](O)[C@H](O)[C@H](O)[C@@H](O)C(=O)O.O=C(O)[C@@H](O)[C@H](O)[C@H](O)[C@@H](O)C(=O)O.[Zn+2]. The van der Waals surface area contributed by atoms with E-state index in [0.29, 0.717) is 44.1 Å². The summed E-state index contributed by atoms with van der Waals surface area (Å²) < 4.78 is 2.31. The number of hydrogen-bond acceptors (Lipinski definition) is 20. The molecule has 0 heterocycles. The molecule has 0 bridgehead atoms. The summed E-state index contributed by atoms with van der Waals surface area (Å²) in [4.78, 5) is 80.9. The Morgan fingerprint density at radius 1 is 0.274 bits per heavy atom. The molecule has 20 N–H and O–H groups in total. The quantitative estimate of drug-likeness (QED) is 0.0282. The Bertz CT molecular complexity index is 1390. The van der Waals surface area contributed by atoms with Crippen molar-refractivity contribution in [2.24, 2.45) is 0 Å². The van der Waals surface area contributed by atoms with Crippen molar-refractivity contribution in [1.82, 2.24) is 0 Å². The Balaban J connectivity index is -0.000000143. The van der Waals surface area contributed by atoms with Crippen LogP contribution in [0.5, 0.6) is 0 Å². The van der Waals surface area contributed by atoms with Gasteiger partial charge in [-0.25, -0.2) is 19.2 Å². The Labute approximate surface area is 434 Å². The third-order valence-corrected chi connectivity index (χ3v) is 7.68. The van der Waals surface area contributed by atoms with Crippen LogP contribution < -0.4 is 0 Å². The normalized spacial score (nSPS) is 16.2. The van der Waals surface area contributed by atoms with Gasteiger partial charge in [0.05, 0.1) is 110 Å². The van der Waals surface area contributed by atoms with E-state index >= 15 is 0 Å². The molecule has 73 heavy (non-hydrogen) atoms. The predicted molar refractivity (Wildman–Crippen MR) is 243 cm³/mol. The van der Waals surface area contributed by atoms with Gasteiger partial charge in [-0.1, -0.05) is 0 Å². The Hall–Kier alpha value is -4.26. The zero-order valence-electron chi connectivity index (χ0n) is 43.3. The van der Waals surface area contributed by atoms with Crippen LogP contribution in [-0.2, 0) is 57.8 Å². The fourth-order valence-corrected chi connectivity index (χ4v) is 4.92.